The van der Waals surface area contributed by atoms with Crippen LogP contribution in [0.3, 0.4) is 0 Å². The van der Waals surface area contributed by atoms with Crippen LogP contribution in [0.2, 0.25) is 0 Å². The van der Waals surface area contributed by atoms with E-state index in [1.165, 1.54) is 42.5 Å². The van der Waals surface area contributed by atoms with Crippen LogP contribution in [0.5, 0.6) is 0 Å². The van der Waals surface area contributed by atoms with Crippen molar-refractivity contribution in [2.45, 2.75) is 6.18 Å². The Kier molecular flexibility index (Phi) is 7.42. The number of hydrogen-bond acceptors (Lipinski definition) is 3. The molecule has 3 aromatic rings. The van der Waals surface area contributed by atoms with Crippen molar-refractivity contribution in [3.63, 3.8) is 0 Å². The zero-order valence-electron chi connectivity index (χ0n) is 15.1. The molecule has 5 nitrogen and oxygen atoms in total. The molecular weight excluding hydrogens is 512 g/mol. The second-order valence-corrected chi connectivity index (χ2v) is 7.04. The van der Waals surface area contributed by atoms with E-state index >= 15 is 0 Å². The summed E-state index contributed by atoms with van der Waals surface area (Å²) in [6, 6.07) is 14.9. The molecule has 154 valence electrons. The lowest BCUT2D eigenvalue weighted by Crippen LogP contribution is -2.09. The van der Waals surface area contributed by atoms with Crippen LogP contribution in [0.1, 0.15) is 16.9 Å². The molecule has 0 saturated carbocycles. The Morgan fingerprint density at radius 2 is 1.87 bits per heavy atom. The Labute approximate surface area is 183 Å². The Morgan fingerprint density at radius 1 is 1.13 bits per heavy atom. The predicted octanol–water partition coefficient (Wildman–Crippen LogP) is 5.27. The minimum Gasteiger partial charge on any atom is -0.457 e. The van der Waals surface area contributed by atoms with Crippen LogP contribution in [-0.4, -0.2) is 11.4 Å². The van der Waals surface area contributed by atoms with Crippen LogP contribution in [0.4, 0.5) is 18.9 Å². The number of benzene rings is 2. The number of anilines is 1. The SMILES string of the molecule is N#Cc1ccc(NC(=O)/C=C/c2ccc(-c3ccccc3C(F)(F)F)o2)c(I)c1.O. The van der Waals surface area contributed by atoms with Crippen molar-refractivity contribution in [1.82, 2.24) is 0 Å². The third kappa shape index (κ3) is 5.49. The zero-order valence-corrected chi connectivity index (χ0v) is 17.3. The molecule has 0 saturated heterocycles. The first kappa shape index (κ1) is 23.2. The molecule has 1 heterocycles. The van der Waals surface area contributed by atoms with Crippen molar-refractivity contribution in [2.75, 3.05) is 5.32 Å². The minimum atomic E-state index is -4.50. The molecule has 0 unspecified atom stereocenters. The van der Waals surface area contributed by atoms with E-state index in [0.29, 0.717) is 14.8 Å². The van der Waals surface area contributed by atoms with Gasteiger partial charge in [0.15, 0.2) is 0 Å². The van der Waals surface area contributed by atoms with Crippen molar-refractivity contribution in [2.24, 2.45) is 0 Å². The summed E-state index contributed by atoms with van der Waals surface area (Å²) in [6.07, 6.45) is -1.92. The van der Waals surface area contributed by atoms with Gasteiger partial charge < -0.3 is 15.2 Å². The maximum atomic E-state index is 13.2. The van der Waals surface area contributed by atoms with Crippen LogP contribution in [0.15, 0.2) is 65.1 Å². The number of nitriles is 1. The molecule has 1 amide bonds. The monoisotopic (exact) mass is 526 g/mol. The first-order valence-corrected chi connectivity index (χ1v) is 9.31. The quantitative estimate of drug-likeness (QED) is 0.371. The Morgan fingerprint density at radius 3 is 2.53 bits per heavy atom. The van der Waals surface area contributed by atoms with E-state index < -0.39 is 17.6 Å². The van der Waals surface area contributed by atoms with Gasteiger partial charge in [0.05, 0.1) is 22.9 Å². The average Bonchev–Trinajstić information content (AvgIpc) is 3.16. The summed E-state index contributed by atoms with van der Waals surface area (Å²) in [4.78, 5) is 12.1. The smallest absolute Gasteiger partial charge is 0.417 e. The van der Waals surface area contributed by atoms with Crippen LogP contribution in [0, 0.1) is 14.9 Å². The second-order valence-electron chi connectivity index (χ2n) is 5.87. The maximum absolute atomic E-state index is 13.2. The molecular formula is C21H14F3IN2O3. The van der Waals surface area contributed by atoms with Gasteiger partial charge in [0.2, 0.25) is 5.91 Å². The fourth-order valence-electron chi connectivity index (χ4n) is 2.55. The second kappa shape index (κ2) is 9.60. The number of carbonyl (C=O) groups excluding carboxylic acids is 1. The van der Waals surface area contributed by atoms with Crippen LogP contribution < -0.4 is 5.32 Å². The van der Waals surface area contributed by atoms with Gasteiger partial charge in [-0.05, 0) is 65.1 Å². The third-order valence-corrected chi connectivity index (χ3v) is 4.77. The van der Waals surface area contributed by atoms with E-state index in [1.54, 1.807) is 18.2 Å². The number of carbonyl (C=O) groups is 1. The number of nitrogens with zero attached hydrogens (tertiary/aromatic N) is 1. The molecule has 0 fully saturated rings. The van der Waals surface area contributed by atoms with Gasteiger partial charge in [0, 0.05) is 15.2 Å². The van der Waals surface area contributed by atoms with Crippen molar-refractivity contribution in [1.29, 1.82) is 5.26 Å². The van der Waals surface area contributed by atoms with Crippen molar-refractivity contribution in [3.05, 3.63) is 81.1 Å². The van der Waals surface area contributed by atoms with E-state index in [-0.39, 0.29) is 22.6 Å². The summed E-state index contributed by atoms with van der Waals surface area (Å²) < 4.78 is 45.6. The molecule has 3 N–H and O–H groups in total. The van der Waals surface area contributed by atoms with Gasteiger partial charge in [-0.15, -0.1) is 0 Å². The molecule has 0 aliphatic carbocycles. The molecule has 2 aromatic carbocycles. The fourth-order valence-corrected chi connectivity index (χ4v) is 3.20. The van der Waals surface area contributed by atoms with Gasteiger partial charge in [0.25, 0.3) is 0 Å². The highest BCUT2D eigenvalue weighted by Gasteiger charge is 2.34. The number of alkyl halides is 3. The summed E-state index contributed by atoms with van der Waals surface area (Å²) in [6.45, 7) is 0. The molecule has 0 aliphatic heterocycles. The number of amides is 1. The normalized spacial score (nSPS) is 11.0. The van der Waals surface area contributed by atoms with Gasteiger partial charge in [-0.25, -0.2) is 0 Å². The first-order valence-electron chi connectivity index (χ1n) is 8.23. The van der Waals surface area contributed by atoms with Crippen molar-refractivity contribution in [3.8, 4) is 17.4 Å². The number of rotatable bonds is 4. The topological polar surface area (TPSA) is 97.5 Å². The van der Waals surface area contributed by atoms with Gasteiger partial charge in [-0.3, -0.25) is 4.79 Å². The number of hydrogen-bond donors (Lipinski definition) is 1. The average molecular weight is 526 g/mol. The highest BCUT2D eigenvalue weighted by atomic mass is 127. The molecule has 0 bridgehead atoms. The third-order valence-electron chi connectivity index (χ3n) is 3.88. The lowest BCUT2D eigenvalue weighted by atomic mass is 10.1. The summed E-state index contributed by atoms with van der Waals surface area (Å²) in [5.41, 5.74) is 0.151. The number of nitrogens with one attached hydrogen (secondary N) is 1. The first-order chi connectivity index (χ1) is 13.8. The molecule has 0 spiro atoms. The summed E-state index contributed by atoms with van der Waals surface area (Å²) in [5.74, 6) is -0.150. The van der Waals surface area contributed by atoms with E-state index in [0.717, 1.165) is 6.07 Å². The van der Waals surface area contributed by atoms with Gasteiger partial charge in [-0.2, -0.15) is 18.4 Å². The zero-order chi connectivity index (χ0) is 21.0. The van der Waals surface area contributed by atoms with Gasteiger partial charge in [0.1, 0.15) is 11.5 Å². The van der Waals surface area contributed by atoms with Crippen LogP contribution >= 0.6 is 22.6 Å². The molecule has 1 aromatic heterocycles. The summed E-state index contributed by atoms with van der Waals surface area (Å²) in [5, 5.41) is 11.5. The largest absolute Gasteiger partial charge is 0.457 e. The number of furan rings is 1. The van der Waals surface area contributed by atoms with Gasteiger partial charge >= 0.3 is 6.18 Å². The Bertz CT molecular complexity index is 1130. The molecule has 3 rings (SSSR count). The molecule has 0 atom stereocenters. The highest BCUT2D eigenvalue weighted by Crippen LogP contribution is 2.37. The Hall–Kier alpha value is -3.10. The van der Waals surface area contributed by atoms with E-state index in [4.69, 9.17) is 9.68 Å². The predicted molar refractivity (Wildman–Crippen MR) is 114 cm³/mol. The molecule has 30 heavy (non-hydrogen) atoms. The highest BCUT2D eigenvalue weighted by molar-refractivity contribution is 14.1. The van der Waals surface area contributed by atoms with E-state index in [1.807, 2.05) is 28.7 Å². The summed E-state index contributed by atoms with van der Waals surface area (Å²) in [7, 11) is 0. The molecule has 0 radical (unpaired) electrons. The van der Waals surface area contributed by atoms with Crippen molar-refractivity contribution < 1.29 is 27.9 Å². The van der Waals surface area contributed by atoms with E-state index in [2.05, 4.69) is 5.32 Å². The Balaban J connectivity index is 0.00000320. The van der Waals surface area contributed by atoms with Gasteiger partial charge in [-0.1, -0.05) is 18.2 Å². The number of halogens is 4. The maximum Gasteiger partial charge on any atom is 0.417 e. The lowest BCUT2D eigenvalue weighted by Gasteiger charge is -2.10. The fraction of sp³-hybridized carbons (Fsp3) is 0.0476. The standard InChI is InChI=1S/C21H12F3IN2O2.H2O/c22-21(23,24)16-4-2-1-3-15(16)19-9-6-14(29-19)7-10-20(28)27-18-8-5-13(12-26)11-17(18)25;/h1-11H,(H,27,28);1H2/b10-7+;. The van der Waals surface area contributed by atoms with Crippen molar-refractivity contribution >= 4 is 40.3 Å². The van der Waals surface area contributed by atoms with Crippen LogP contribution in [0.25, 0.3) is 17.4 Å². The van der Waals surface area contributed by atoms with Crippen LogP contribution in [-0.2, 0) is 11.0 Å². The lowest BCUT2D eigenvalue weighted by molar-refractivity contribution is -0.137. The summed E-state index contributed by atoms with van der Waals surface area (Å²) >= 11 is 2.00. The van der Waals surface area contributed by atoms with E-state index in [9.17, 15) is 18.0 Å². The molecule has 9 heteroatoms. The minimum absolute atomic E-state index is 0. The molecule has 0 aliphatic rings.